The first-order valence-electron chi connectivity index (χ1n) is 11.3. The van der Waals surface area contributed by atoms with Gasteiger partial charge in [-0.3, -0.25) is 19.9 Å². The minimum Gasteiger partial charge on any atom is -0.400 e. The Morgan fingerprint density at radius 1 is 1.21 bits per heavy atom. The number of carbonyl (C=O) groups excluding carboxylic acids is 1. The van der Waals surface area contributed by atoms with Crippen molar-refractivity contribution in [1.82, 2.24) is 19.9 Å². The van der Waals surface area contributed by atoms with E-state index in [0.29, 0.717) is 13.1 Å². The van der Waals surface area contributed by atoms with Crippen molar-refractivity contribution in [2.75, 3.05) is 18.1 Å². The highest BCUT2D eigenvalue weighted by molar-refractivity contribution is 7.91. The van der Waals surface area contributed by atoms with Crippen LogP contribution in [0.2, 0.25) is 0 Å². The minimum atomic E-state index is -2.98. The molecule has 1 fully saturated rings. The Morgan fingerprint density at radius 3 is 2.58 bits per heavy atom. The van der Waals surface area contributed by atoms with Gasteiger partial charge in [-0.25, -0.2) is 13.0 Å². The number of sulfone groups is 1. The van der Waals surface area contributed by atoms with Gasteiger partial charge >= 0.3 is 11.8 Å². The summed E-state index contributed by atoms with van der Waals surface area (Å²) in [5.41, 5.74) is 0.969. The molecule has 0 bridgehead atoms. The SMILES string of the molecule is CC1CS(=O)(=O)CCN1N=Cc1ccc([N+](=O)[O-])o1.O=C(Cn1ccnc1[N+](=O)[O-])NCc1ccccc1. The molecule has 1 saturated heterocycles. The van der Waals surface area contributed by atoms with Crippen molar-refractivity contribution >= 4 is 33.8 Å². The van der Waals surface area contributed by atoms with Crippen LogP contribution in [0.25, 0.3) is 0 Å². The van der Waals surface area contributed by atoms with Gasteiger partial charge in [-0.1, -0.05) is 35.3 Å². The molecule has 3 heterocycles. The van der Waals surface area contributed by atoms with Crippen molar-refractivity contribution in [3.8, 4) is 0 Å². The van der Waals surface area contributed by atoms with Crippen molar-refractivity contribution in [3.05, 3.63) is 86.4 Å². The number of hydrogen-bond acceptors (Lipinski definition) is 11. The number of imidazole rings is 1. The second kappa shape index (κ2) is 12.6. The van der Waals surface area contributed by atoms with Gasteiger partial charge < -0.3 is 19.8 Å². The summed E-state index contributed by atoms with van der Waals surface area (Å²) in [6.45, 7) is 2.34. The number of nitrogens with zero attached hydrogens (tertiary/aromatic N) is 6. The fraction of sp³-hybridized carbons (Fsp3) is 0.318. The summed E-state index contributed by atoms with van der Waals surface area (Å²) in [4.78, 5) is 35.1. The Kier molecular flexibility index (Phi) is 9.26. The summed E-state index contributed by atoms with van der Waals surface area (Å²) in [6, 6.07) is 11.9. The van der Waals surface area contributed by atoms with Gasteiger partial charge in [-0.05, 0) is 23.5 Å². The Balaban J connectivity index is 0.000000211. The van der Waals surface area contributed by atoms with Crippen LogP contribution in [-0.4, -0.2) is 69.0 Å². The van der Waals surface area contributed by atoms with Crippen molar-refractivity contribution in [3.63, 3.8) is 0 Å². The summed E-state index contributed by atoms with van der Waals surface area (Å²) in [6.07, 6.45) is 4.05. The average Bonchev–Trinajstić information content (AvgIpc) is 3.53. The predicted molar refractivity (Wildman–Crippen MR) is 135 cm³/mol. The first-order chi connectivity index (χ1) is 18.0. The van der Waals surface area contributed by atoms with E-state index in [1.807, 2.05) is 30.3 Å². The second-order valence-electron chi connectivity index (χ2n) is 8.18. The first-order valence-corrected chi connectivity index (χ1v) is 13.1. The van der Waals surface area contributed by atoms with E-state index in [0.717, 1.165) is 5.56 Å². The molecule has 0 saturated carbocycles. The van der Waals surface area contributed by atoms with E-state index < -0.39 is 19.7 Å². The topological polar surface area (TPSA) is 196 Å². The highest BCUT2D eigenvalue weighted by Gasteiger charge is 2.27. The largest absolute Gasteiger partial charge is 0.435 e. The maximum atomic E-state index is 11.7. The fourth-order valence-corrected chi connectivity index (χ4v) is 4.95. The average molecular weight is 548 g/mol. The van der Waals surface area contributed by atoms with E-state index in [1.54, 1.807) is 11.9 Å². The van der Waals surface area contributed by atoms with Gasteiger partial charge in [0.2, 0.25) is 0 Å². The third-order valence-corrected chi connectivity index (χ3v) is 7.06. The molecular weight excluding hydrogens is 522 g/mol. The third-order valence-electron chi connectivity index (χ3n) is 5.26. The van der Waals surface area contributed by atoms with Crippen LogP contribution in [0.5, 0.6) is 0 Å². The number of nitro groups is 2. The number of rotatable bonds is 8. The summed E-state index contributed by atoms with van der Waals surface area (Å²) < 4.78 is 28.9. The van der Waals surface area contributed by atoms with Crippen molar-refractivity contribution < 1.29 is 27.5 Å². The van der Waals surface area contributed by atoms with Crippen LogP contribution in [0.15, 0.2) is 64.4 Å². The highest BCUT2D eigenvalue weighted by Crippen LogP contribution is 2.15. The molecular formula is C22H25N7O8S. The van der Waals surface area contributed by atoms with Gasteiger partial charge in [0.1, 0.15) is 17.3 Å². The van der Waals surface area contributed by atoms with Crippen molar-refractivity contribution in [2.45, 2.75) is 26.1 Å². The van der Waals surface area contributed by atoms with E-state index in [2.05, 4.69) is 15.4 Å². The second-order valence-corrected chi connectivity index (χ2v) is 10.4. The molecule has 38 heavy (non-hydrogen) atoms. The number of amides is 1. The number of carbonyl (C=O) groups is 1. The van der Waals surface area contributed by atoms with Gasteiger partial charge in [-0.2, -0.15) is 5.10 Å². The standard InChI is InChI=1S/C12H12N4O3.C10H13N3O5S/c17-11(14-8-10-4-2-1-3-5-10)9-15-7-6-13-12(15)16(18)19;1-8-7-19(16,17)5-4-12(8)11-6-9-2-3-10(18-9)13(14)15/h1-7H,8-9H2,(H,14,17);2-3,6,8H,4-5,7H2,1H3. The smallest absolute Gasteiger partial charge is 0.400 e. The molecule has 1 unspecified atom stereocenters. The van der Waals surface area contributed by atoms with E-state index in [1.165, 1.54) is 35.3 Å². The number of hydrazone groups is 1. The van der Waals surface area contributed by atoms with E-state index in [4.69, 9.17) is 4.42 Å². The maximum absolute atomic E-state index is 11.7. The zero-order chi connectivity index (χ0) is 27.7. The summed E-state index contributed by atoms with van der Waals surface area (Å²) in [5, 5.41) is 29.5. The maximum Gasteiger partial charge on any atom is 0.435 e. The van der Waals surface area contributed by atoms with Gasteiger partial charge in [-0.15, -0.1) is 0 Å². The molecule has 1 aromatic carbocycles. The lowest BCUT2D eigenvalue weighted by Crippen LogP contribution is -2.43. The van der Waals surface area contributed by atoms with E-state index in [9.17, 15) is 33.4 Å². The van der Waals surface area contributed by atoms with Gasteiger partial charge in [0.05, 0.1) is 36.4 Å². The zero-order valence-corrected chi connectivity index (χ0v) is 21.1. The molecule has 1 aliphatic rings. The lowest BCUT2D eigenvalue weighted by Gasteiger charge is -2.30. The molecule has 2 aromatic heterocycles. The summed E-state index contributed by atoms with van der Waals surface area (Å²) >= 11 is 0. The molecule has 0 radical (unpaired) electrons. The minimum absolute atomic E-state index is 0.0582. The molecule has 0 spiro atoms. The van der Waals surface area contributed by atoms with Crippen LogP contribution in [-0.2, 0) is 27.7 Å². The lowest BCUT2D eigenvalue weighted by molar-refractivity contribution is -0.402. The normalized spacial score (nSPS) is 16.4. The predicted octanol–water partition coefficient (Wildman–Crippen LogP) is 1.75. The van der Waals surface area contributed by atoms with Crippen LogP contribution in [0, 0.1) is 20.2 Å². The van der Waals surface area contributed by atoms with E-state index in [-0.39, 0.29) is 47.6 Å². The Hall–Kier alpha value is -4.60. The van der Waals surface area contributed by atoms with Crippen LogP contribution >= 0.6 is 0 Å². The monoisotopic (exact) mass is 547 g/mol. The molecule has 0 aliphatic carbocycles. The van der Waals surface area contributed by atoms with Crippen molar-refractivity contribution in [2.24, 2.45) is 5.10 Å². The van der Waals surface area contributed by atoms with E-state index >= 15 is 0 Å². The zero-order valence-electron chi connectivity index (χ0n) is 20.2. The highest BCUT2D eigenvalue weighted by atomic mass is 32.2. The van der Waals surface area contributed by atoms with Gasteiger partial charge in [0.15, 0.2) is 22.1 Å². The quantitative estimate of drug-likeness (QED) is 0.246. The summed E-state index contributed by atoms with van der Waals surface area (Å²) in [5.74, 6) is -0.613. The van der Waals surface area contributed by atoms with Crippen LogP contribution in [0.4, 0.5) is 11.8 Å². The molecule has 16 heteroatoms. The lowest BCUT2D eigenvalue weighted by atomic mass is 10.2. The molecule has 1 amide bonds. The number of benzene rings is 1. The Labute approximate surface area is 217 Å². The van der Waals surface area contributed by atoms with Crippen molar-refractivity contribution in [1.29, 1.82) is 0 Å². The molecule has 4 rings (SSSR count). The fourth-order valence-electron chi connectivity index (χ4n) is 3.41. The molecule has 3 aromatic rings. The van der Waals surface area contributed by atoms with Gasteiger partial charge in [0.25, 0.3) is 5.91 Å². The molecule has 15 nitrogen and oxygen atoms in total. The van der Waals surface area contributed by atoms with Crippen LogP contribution in [0.3, 0.4) is 0 Å². The molecule has 1 aliphatic heterocycles. The number of furan rings is 1. The first kappa shape index (κ1) is 28.0. The Morgan fingerprint density at radius 2 is 1.95 bits per heavy atom. The molecule has 1 N–H and O–H groups in total. The number of hydrogen-bond donors (Lipinski definition) is 1. The third kappa shape index (κ3) is 8.22. The van der Waals surface area contributed by atoms with Crippen LogP contribution in [0.1, 0.15) is 18.2 Å². The molecule has 1 atom stereocenters. The molecule has 202 valence electrons. The number of aromatic nitrogens is 2. The van der Waals surface area contributed by atoms with Crippen LogP contribution < -0.4 is 5.32 Å². The van der Waals surface area contributed by atoms with Gasteiger partial charge in [0, 0.05) is 6.54 Å². The summed E-state index contributed by atoms with van der Waals surface area (Å²) in [7, 11) is -2.98. The Bertz CT molecular complexity index is 1400. The number of nitrogens with one attached hydrogen (secondary N) is 1.